The van der Waals surface area contributed by atoms with E-state index >= 15 is 0 Å². The van der Waals surface area contributed by atoms with Gasteiger partial charge in [-0.05, 0) is 44.9 Å². The zero-order valence-corrected chi connectivity index (χ0v) is 10.4. The number of aromatic nitrogens is 1. The zero-order valence-electron chi connectivity index (χ0n) is 10.4. The van der Waals surface area contributed by atoms with Crippen LogP contribution >= 0.6 is 0 Å². The highest BCUT2D eigenvalue weighted by atomic mass is 16.5. The van der Waals surface area contributed by atoms with Crippen molar-refractivity contribution in [2.45, 2.75) is 32.2 Å². The second-order valence-corrected chi connectivity index (χ2v) is 4.29. The normalized spacial score (nSPS) is 14.6. The monoisotopic (exact) mass is 235 g/mol. The lowest BCUT2D eigenvalue weighted by Gasteiger charge is -2.10. The van der Waals surface area contributed by atoms with Gasteiger partial charge >= 0.3 is 0 Å². The summed E-state index contributed by atoms with van der Waals surface area (Å²) in [5, 5.41) is 6.81. The summed E-state index contributed by atoms with van der Waals surface area (Å²) in [5.74, 6) is 1.69. The fourth-order valence-corrected chi connectivity index (χ4v) is 1.68. The summed E-state index contributed by atoms with van der Waals surface area (Å²) in [6.45, 7) is 4.66. The van der Waals surface area contributed by atoms with Gasteiger partial charge in [-0.2, -0.15) is 0 Å². The Morgan fingerprint density at radius 3 is 3.06 bits per heavy atom. The molecule has 0 atom stereocenters. The van der Waals surface area contributed by atoms with Crippen molar-refractivity contribution < 1.29 is 4.74 Å². The quantitative estimate of drug-likeness (QED) is 0.677. The van der Waals surface area contributed by atoms with E-state index in [2.05, 4.69) is 15.6 Å². The molecule has 0 spiro atoms. The van der Waals surface area contributed by atoms with E-state index in [1.165, 1.54) is 12.8 Å². The SMILES string of the molecule is CCOc1cccnc1NCCCNC1CC1. The maximum Gasteiger partial charge on any atom is 0.168 e. The van der Waals surface area contributed by atoms with E-state index in [-0.39, 0.29) is 0 Å². The van der Waals surface area contributed by atoms with Crippen LogP contribution in [0.15, 0.2) is 18.3 Å². The number of hydrogen-bond donors (Lipinski definition) is 2. The minimum Gasteiger partial charge on any atom is -0.490 e. The largest absolute Gasteiger partial charge is 0.490 e. The Bertz CT molecular complexity index is 339. The summed E-state index contributed by atoms with van der Waals surface area (Å²) >= 11 is 0. The van der Waals surface area contributed by atoms with Crippen LogP contribution in [0.1, 0.15) is 26.2 Å². The molecule has 1 aromatic heterocycles. The lowest BCUT2D eigenvalue weighted by molar-refractivity contribution is 0.340. The van der Waals surface area contributed by atoms with Crippen LogP contribution in [-0.2, 0) is 0 Å². The maximum atomic E-state index is 5.50. The third-order valence-corrected chi connectivity index (χ3v) is 2.73. The predicted molar refractivity (Wildman–Crippen MR) is 69.5 cm³/mol. The summed E-state index contributed by atoms with van der Waals surface area (Å²) in [4.78, 5) is 4.29. The predicted octanol–water partition coefficient (Wildman–Crippen LogP) is 2.03. The molecule has 0 bridgehead atoms. The van der Waals surface area contributed by atoms with Crippen molar-refractivity contribution in [3.05, 3.63) is 18.3 Å². The Morgan fingerprint density at radius 2 is 2.29 bits per heavy atom. The lowest BCUT2D eigenvalue weighted by Crippen LogP contribution is -2.20. The van der Waals surface area contributed by atoms with E-state index < -0.39 is 0 Å². The first-order chi connectivity index (χ1) is 8.40. The number of nitrogens with zero attached hydrogens (tertiary/aromatic N) is 1. The first-order valence-corrected chi connectivity index (χ1v) is 6.45. The number of nitrogens with one attached hydrogen (secondary N) is 2. The number of hydrogen-bond acceptors (Lipinski definition) is 4. The molecule has 2 N–H and O–H groups in total. The van der Waals surface area contributed by atoms with Crippen molar-refractivity contribution in [2.24, 2.45) is 0 Å². The molecule has 1 fully saturated rings. The molecule has 0 unspecified atom stereocenters. The highest BCUT2D eigenvalue weighted by Gasteiger charge is 2.19. The van der Waals surface area contributed by atoms with Gasteiger partial charge in [0.2, 0.25) is 0 Å². The van der Waals surface area contributed by atoms with Crippen LogP contribution < -0.4 is 15.4 Å². The Balaban J connectivity index is 1.69. The molecular formula is C13H21N3O. The first-order valence-electron chi connectivity index (χ1n) is 6.45. The second-order valence-electron chi connectivity index (χ2n) is 4.29. The molecule has 2 rings (SSSR count). The first kappa shape index (κ1) is 12.2. The van der Waals surface area contributed by atoms with Gasteiger partial charge in [0.25, 0.3) is 0 Å². The lowest BCUT2D eigenvalue weighted by atomic mass is 10.3. The van der Waals surface area contributed by atoms with E-state index in [9.17, 15) is 0 Å². The van der Waals surface area contributed by atoms with Crippen molar-refractivity contribution >= 4 is 5.82 Å². The average Bonchev–Trinajstić information content (AvgIpc) is 3.15. The van der Waals surface area contributed by atoms with Gasteiger partial charge in [-0.25, -0.2) is 4.98 Å². The fourth-order valence-electron chi connectivity index (χ4n) is 1.68. The number of rotatable bonds is 8. The Hall–Kier alpha value is -1.29. The molecule has 1 saturated carbocycles. The van der Waals surface area contributed by atoms with E-state index in [1.54, 1.807) is 6.20 Å². The van der Waals surface area contributed by atoms with Gasteiger partial charge in [0.1, 0.15) is 0 Å². The van der Waals surface area contributed by atoms with Gasteiger partial charge in [0.15, 0.2) is 11.6 Å². The van der Waals surface area contributed by atoms with E-state index in [1.807, 2.05) is 19.1 Å². The molecule has 1 heterocycles. The summed E-state index contributed by atoms with van der Waals surface area (Å²) in [6, 6.07) is 4.63. The molecular weight excluding hydrogens is 214 g/mol. The van der Waals surface area contributed by atoms with Crippen molar-refractivity contribution in [3.8, 4) is 5.75 Å². The van der Waals surface area contributed by atoms with Crippen LogP contribution in [0.2, 0.25) is 0 Å². The average molecular weight is 235 g/mol. The van der Waals surface area contributed by atoms with Gasteiger partial charge in [0, 0.05) is 18.8 Å². The van der Waals surface area contributed by atoms with E-state index in [4.69, 9.17) is 4.74 Å². The minimum absolute atomic E-state index is 0.670. The molecule has 0 aromatic carbocycles. The molecule has 0 aliphatic heterocycles. The standard InChI is InChI=1S/C13H21N3O/c1-2-17-12-5-3-8-15-13(12)16-10-4-9-14-11-6-7-11/h3,5,8,11,14H,2,4,6-7,9-10H2,1H3,(H,15,16). The highest BCUT2D eigenvalue weighted by Crippen LogP contribution is 2.20. The zero-order chi connectivity index (χ0) is 11.9. The van der Waals surface area contributed by atoms with Gasteiger partial charge < -0.3 is 15.4 Å². The maximum absolute atomic E-state index is 5.50. The van der Waals surface area contributed by atoms with Crippen LogP contribution in [0, 0.1) is 0 Å². The van der Waals surface area contributed by atoms with Gasteiger partial charge in [-0.1, -0.05) is 0 Å². The number of anilines is 1. The molecule has 0 saturated heterocycles. The summed E-state index contributed by atoms with van der Waals surface area (Å²) in [7, 11) is 0. The van der Waals surface area contributed by atoms with Crippen LogP contribution in [0.25, 0.3) is 0 Å². The second kappa shape index (κ2) is 6.45. The smallest absolute Gasteiger partial charge is 0.168 e. The minimum atomic E-state index is 0.670. The molecule has 4 nitrogen and oxygen atoms in total. The number of pyridine rings is 1. The molecule has 17 heavy (non-hydrogen) atoms. The highest BCUT2D eigenvalue weighted by molar-refractivity contribution is 5.49. The molecule has 1 aromatic rings. The summed E-state index contributed by atoms with van der Waals surface area (Å²) < 4.78 is 5.50. The van der Waals surface area contributed by atoms with Crippen molar-refractivity contribution in [2.75, 3.05) is 25.0 Å². The van der Waals surface area contributed by atoms with Crippen LogP contribution in [-0.4, -0.2) is 30.7 Å². The van der Waals surface area contributed by atoms with Crippen molar-refractivity contribution in [3.63, 3.8) is 0 Å². The van der Waals surface area contributed by atoms with Crippen LogP contribution in [0.3, 0.4) is 0 Å². The van der Waals surface area contributed by atoms with Crippen LogP contribution in [0.5, 0.6) is 5.75 Å². The number of ether oxygens (including phenoxy) is 1. The van der Waals surface area contributed by atoms with Crippen molar-refractivity contribution in [1.29, 1.82) is 0 Å². The molecule has 1 aliphatic carbocycles. The third kappa shape index (κ3) is 4.23. The topological polar surface area (TPSA) is 46.2 Å². The molecule has 4 heteroatoms. The van der Waals surface area contributed by atoms with Gasteiger partial charge in [-0.15, -0.1) is 0 Å². The molecule has 94 valence electrons. The van der Waals surface area contributed by atoms with Crippen molar-refractivity contribution in [1.82, 2.24) is 10.3 Å². The van der Waals surface area contributed by atoms with Crippen LogP contribution in [0.4, 0.5) is 5.82 Å². The molecule has 1 aliphatic rings. The Labute approximate surface area is 103 Å². The fraction of sp³-hybridized carbons (Fsp3) is 0.615. The van der Waals surface area contributed by atoms with E-state index in [0.717, 1.165) is 37.1 Å². The van der Waals surface area contributed by atoms with Gasteiger partial charge in [-0.3, -0.25) is 0 Å². The van der Waals surface area contributed by atoms with Gasteiger partial charge in [0.05, 0.1) is 6.61 Å². The summed E-state index contributed by atoms with van der Waals surface area (Å²) in [5.41, 5.74) is 0. The Morgan fingerprint density at radius 1 is 1.41 bits per heavy atom. The summed E-state index contributed by atoms with van der Waals surface area (Å²) in [6.07, 6.45) is 5.59. The molecule has 0 radical (unpaired) electrons. The third-order valence-electron chi connectivity index (χ3n) is 2.73. The van der Waals surface area contributed by atoms with E-state index in [0.29, 0.717) is 6.61 Å². The Kier molecular flexibility index (Phi) is 4.62. The molecule has 0 amide bonds.